The molecular formula is C11H19N3O. The normalized spacial score (nSPS) is 25.4. The molecule has 1 aromatic rings. The average Bonchev–Trinajstić information content (AvgIpc) is 2.46. The molecular weight excluding hydrogens is 190 g/mol. The lowest BCUT2D eigenvalue weighted by Crippen LogP contribution is -2.35. The van der Waals surface area contributed by atoms with Gasteiger partial charge in [-0.3, -0.25) is 0 Å². The van der Waals surface area contributed by atoms with Crippen LogP contribution >= 0.6 is 0 Å². The van der Waals surface area contributed by atoms with Crippen LogP contribution in [0.5, 0.6) is 0 Å². The summed E-state index contributed by atoms with van der Waals surface area (Å²) in [6, 6.07) is 0.377. The minimum Gasteiger partial charge on any atom is -0.384 e. The van der Waals surface area contributed by atoms with E-state index in [4.69, 9.17) is 10.5 Å². The van der Waals surface area contributed by atoms with E-state index in [1.54, 1.807) is 0 Å². The molecule has 1 aliphatic rings. The second-order valence-corrected chi connectivity index (χ2v) is 4.91. The van der Waals surface area contributed by atoms with Crippen molar-refractivity contribution < 1.29 is 4.74 Å². The lowest BCUT2D eigenvalue weighted by molar-refractivity contribution is -0.0704. The number of anilines is 1. The highest BCUT2D eigenvalue weighted by molar-refractivity contribution is 5.37. The number of nitrogens with zero attached hydrogens (tertiary/aromatic N) is 2. The second-order valence-electron chi connectivity index (χ2n) is 4.91. The van der Waals surface area contributed by atoms with E-state index in [1.165, 1.54) is 0 Å². The van der Waals surface area contributed by atoms with Crippen LogP contribution in [-0.2, 0) is 4.74 Å². The first-order valence-corrected chi connectivity index (χ1v) is 5.43. The van der Waals surface area contributed by atoms with Gasteiger partial charge in [0.2, 0.25) is 0 Å². The maximum atomic E-state index is 5.98. The van der Waals surface area contributed by atoms with Gasteiger partial charge in [-0.2, -0.15) is 5.10 Å². The first kappa shape index (κ1) is 10.5. The molecule has 0 radical (unpaired) electrons. The Kier molecular flexibility index (Phi) is 2.46. The molecule has 1 unspecified atom stereocenters. The van der Waals surface area contributed by atoms with Crippen LogP contribution in [0.25, 0.3) is 0 Å². The zero-order valence-electron chi connectivity index (χ0n) is 9.66. The Balaban J connectivity index is 2.21. The van der Waals surface area contributed by atoms with Crippen LogP contribution in [-0.4, -0.2) is 22.0 Å². The zero-order chi connectivity index (χ0) is 11.1. The van der Waals surface area contributed by atoms with Gasteiger partial charge in [0.1, 0.15) is 5.82 Å². The SMILES string of the molecule is Cc1cnn(C2CCOC(C)(C)C2)c1N. The topological polar surface area (TPSA) is 53.1 Å². The number of aromatic nitrogens is 2. The van der Waals surface area contributed by atoms with E-state index in [2.05, 4.69) is 18.9 Å². The predicted octanol–water partition coefficient (Wildman–Crippen LogP) is 1.90. The van der Waals surface area contributed by atoms with Crippen molar-refractivity contribution in [3.63, 3.8) is 0 Å². The van der Waals surface area contributed by atoms with Gasteiger partial charge in [-0.1, -0.05) is 0 Å². The van der Waals surface area contributed by atoms with Crippen LogP contribution in [0.3, 0.4) is 0 Å². The third kappa shape index (κ3) is 2.00. The van der Waals surface area contributed by atoms with Gasteiger partial charge in [0.25, 0.3) is 0 Å². The number of aryl methyl sites for hydroxylation is 1. The highest BCUT2D eigenvalue weighted by Gasteiger charge is 2.31. The predicted molar refractivity (Wildman–Crippen MR) is 59.7 cm³/mol. The molecule has 84 valence electrons. The molecule has 1 saturated heterocycles. The van der Waals surface area contributed by atoms with Crippen molar-refractivity contribution in [2.45, 2.75) is 45.3 Å². The fraction of sp³-hybridized carbons (Fsp3) is 0.727. The standard InChI is InChI=1S/C11H19N3O/c1-8-7-13-14(10(8)12)9-4-5-15-11(2,3)6-9/h7,9H,4-6,12H2,1-3H3. The van der Waals surface area contributed by atoms with Crippen LogP contribution in [0.1, 0.15) is 38.3 Å². The van der Waals surface area contributed by atoms with Crippen molar-refractivity contribution in [1.29, 1.82) is 0 Å². The molecule has 15 heavy (non-hydrogen) atoms. The van der Waals surface area contributed by atoms with Gasteiger partial charge in [-0.15, -0.1) is 0 Å². The molecule has 2 heterocycles. The first-order valence-electron chi connectivity index (χ1n) is 5.43. The van der Waals surface area contributed by atoms with Crippen LogP contribution in [0.4, 0.5) is 5.82 Å². The number of hydrogen-bond donors (Lipinski definition) is 1. The minimum absolute atomic E-state index is 0.0603. The summed E-state index contributed by atoms with van der Waals surface area (Å²) >= 11 is 0. The maximum Gasteiger partial charge on any atom is 0.124 e. The Morgan fingerprint density at radius 1 is 1.60 bits per heavy atom. The van der Waals surface area contributed by atoms with Crippen LogP contribution in [0, 0.1) is 6.92 Å². The first-order chi connectivity index (χ1) is 6.99. The van der Waals surface area contributed by atoms with Crippen LogP contribution in [0.15, 0.2) is 6.20 Å². The van der Waals surface area contributed by atoms with Crippen molar-refractivity contribution in [3.8, 4) is 0 Å². The highest BCUT2D eigenvalue weighted by Crippen LogP contribution is 2.33. The summed E-state index contributed by atoms with van der Waals surface area (Å²) in [7, 11) is 0. The molecule has 1 aromatic heterocycles. The largest absolute Gasteiger partial charge is 0.384 e. The van der Waals surface area contributed by atoms with Crippen LogP contribution < -0.4 is 5.73 Å². The third-order valence-corrected chi connectivity index (χ3v) is 3.04. The van der Waals surface area contributed by atoms with Gasteiger partial charge in [-0.25, -0.2) is 4.68 Å². The van der Waals surface area contributed by atoms with Crippen molar-refractivity contribution in [1.82, 2.24) is 9.78 Å². The summed E-state index contributed by atoms with van der Waals surface area (Å²) in [5.74, 6) is 0.790. The van der Waals surface area contributed by atoms with E-state index in [1.807, 2.05) is 17.8 Å². The van der Waals surface area contributed by atoms with Gasteiger partial charge in [0.15, 0.2) is 0 Å². The van der Waals surface area contributed by atoms with Gasteiger partial charge < -0.3 is 10.5 Å². The number of nitrogen functional groups attached to an aromatic ring is 1. The average molecular weight is 209 g/mol. The molecule has 1 aliphatic heterocycles. The van der Waals surface area contributed by atoms with Crippen LogP contribution in [0.2, 0.25) is 0 Å². The van der Waals surface area contributed by atoms with Gasteiger partial charge in [0, 0.05) is 12.2 Å². The molecule has 2 rings (SSSR count). The van der Waals surface area contributed by atoms with Crippen molar-refractivity contribution in [2.75, 3.05) is 12.3 Å². The monoisotopic (exact) mass is 209 g/mol. The summed E-state index contributed by atoms with van der Waals surface area (Å²) in [5.41, 5.74) is 6.98. The summed E-state index contributed by atoms with van der Waals surface area (Å²) in [4.78, 5) is 0. The minimum atomic E-state index is -0.0603. The fourth-order valence-corrected chi connectivity index (χ4v) is 2.16. The highest BCUT2D eigenvalue weighted by atomic mass is 16.5. The Labute approximate surface area is 90.4 Å². The summed E-state index contributed by atoms with van der Waals surface area (Å²) < 4.78 is 7.63. The molecule has 1 fully saturated rings. The Bertz CT molecular complexity index is 357. The van der Waals surface area contributed by atoms with E-state index in [9.17, 15) is 0 Å². The fourth-order valence-electron chi connectivity index (χ4n) is 2.16. The van der Waals surface area contributed by atoms with Crippen molar-refractivity contribution in [2.24, 2.45) is 0 Å². The quantitative estimate of drug-likeness (QED) is 0.768. The van der Waals surface area contributed by atoms with Crippen molar-refractivity contribution in [3.05, 3.63) is 11.8 Å². The summed E-state index contributed by atoms with van der Waals surface area (Å²) in [6.45, 7) is 7.01. The zero-order valence-corrected chi connectivity index (χ0v) is 9.66. The number of hydrogen-bond acceptors (Lipinski definition) is 3. The lowest BCUT2D eigenvalue weighted by Gasteiger charge is -2.35. The van der Waals surface area contributed by atoms with E-state index in [0.29, 0.717) is 6.04 Å². The molecule has 0 aromatic carbocycles. The van der Waals surface area contributed by atoms with E-state index < -0.39 is 0 Å². The molecule has 0 saturated carbocycles. The van der Waals surface area contributed by atoms with E-state index >= 15 is 0 Å². The molecule has 0 aliphatic carbocycles. The third-order valence-electron chi connectivity index (χ3n) is 3.04. The lowest BCUT2D eigenvalue weighted by atomic mass is 9.94. The number of rotatable bonds is 1. The summed E-state index contributed by atoms with van der Waals surface area (Å²) in [6.07, 6.45) is 3.80. The number of nitrogens with two attached hydrogens (primary N) is 1. The molecule has 4 heteroatoms. The maximum absolute atomic E-state index is 5.98. The van der Waals surface area contributed by atoms with Crippen molar-refractivity contribution >= 4 is 5.82 Å². The van der Waals surface area contributed by atoms with Gasteiger partial charge >= 0.3 is 0 Å². The molecule has 0 amide bonds. The van der Waals surface area contributed by atoms with Gasteiger partial charge in [-0.05, 0) is 33.6 Å². The molecule has 0 bridgehead atoms. The second kappa shape index (κ2) is 3.52. The smallest absolute Gasteiger partial charge is 0.124 e. The molecule has 2 N–H and O–H groups in total. The molecule has 0 spiro atoms. The molecule has 4 nitrogen and oxygen atoms in total. The Hall–Kier alpha value is -1.03. The summed E-state index contributed by atoms with van der Waals surface area (Å²) in [5, 5.41) is 4.34. The molecule has 1 atom stereocenters. The Morgan fingerprint density at radius 2 is 2.33 bits per heavy atom. The Morgan fingerprint density at radius 3 is 2.87 bits per heavy atom. The number of ether oxygens (including phenoxy) is 1. The van der Waals surface area contributed by atoms with E-state index in [0.717, 1.165) is 30.8 Å². The van der Waals surface area contributed by atoms with E-state index in [-0.39, 0.29) is 5.60 Å². The van der Waals surface area contributed by atoms with Gasteiger partial charge in [0.05, 0.1) is 17.8 Å².